The summed E-state index contributed by atoms with van der Waals surface area (Å²) in [4.78, 5) is 45.6. The Hall–Kier alpha value is -3.61. The molecule has 5 rings (SSSR count). The van der Waals surface area contributed by atoms with Crippen molar-refractivity contribution in [2.45, 2.75) is 12.5 Å². The van der Waals surface area contributed by atoms with Crippen molar-refractivity contribution in [2.75, 3.05) is 32.7 Å². The van der Waals surface area contributed by atoms with Crippen molar-refractivity contribution in [3.05, 3.63) is 71.4 Å². The van der Waals surface area contributed by atoms with E-state index >= 15 is 0 Å². The number of hydrogen-bond donors (Lipinski definition) is 1. The molecule has 1 fully saturated rings. The van der Waals surface area contributed by atoms with E-state index in [0.29, 0.717) is 38.3 Å². The average molecular weight is 416 g/mol. The number of hydrogen-bond acceptors (Lipinski definition) is 3. The van der Waals surface area contributed by atoms with Gasteiger partial charge in [-0.25, -0.2) is 0 Å². The molecule has 7 nitrogen and oxygen atoms in total. The van der Waals surface area contributed by atoms with Crippen LogP contribution in [-0.2, 0) is 9.59 Å². The summed E-state index contributed by atoms with van der Waals surface area (Å²) in [5, 5.41) is 1.08. The highest BCUT2D eigenvalue weighted by Crippen LogP contribution is 2.41. The Balaban J connectivity index is 1.40. The van der Waals surface area contributed by atoms with Crippen LogP contribution in [0.4, 0.5) is 0 Å². The van der Waals surface area contributed by atoms with Crippen LogP contribution < -0.4 is 0 Å². The summed E-state index contributed by atoms with van der Waals surface area (Å²) in [5.74, 6) is -0.0172. The molecule has 1 unspecified atom stereocenters. The fourth-order valence-corrected chi connectivity index (χ4v) is 4.71. The van der Waals surface area contributed by atoms with Gasteiger partial charge in [-0.1, -0.05) is 36.4 Å². The van der Waals surface area contributed by atoms with E-state index in [4.69, 9.17) is 0 Å². The largest absolute Gasteiger partial charge is 0.361 e. The Morgan fingerprint density at radius 1 is 1.00 bits per heavy atom. The minimum Gasteiger partial charge on any atom is -0.361 e. The van der Waals surface area contributed by atoms with Gasteiger partial charge >= 0.3 is 0 Å². The van der Waals surface area contributed by atoms with Gasteiger partial charge in [0.1, 0.15) is 0 Å². The molecule has 1 N–H and O–H groups in total. The molecule has 7 heteroatoms. The summed E-state index contributed by atoms with van der Waals surface area (Å²) in [6.45, 7) is 2.54. The SMILES string of the molecule is O=CN1CCN(C(=O)CCN2C(=O)c3ccccc3C2c2c[nH]c3ccccc23)CC1. The van der Waals surface area contributed by atoms with Crippen molar-refractivity contribution in [1.82, 2.24) is 19.7 Å². The highest BCUT2D eigenvalue weighted by molar-refractivity contribution is 6.01. The van der Waals surface area contributed by atoms with E-state index in [1.165, 1.54) is 0 Å². The Morgan fingerprint density at radius 3 is 2.55 bits per heavy atom. The van der Waals surface area contributed by atoms with E-state index in [1.54, 1.807) is 9.80 Å². The number of carbonyl (C=O) groups is 3. The molecule has 0 spiro atoms. The number of piperazine rings is 1. The lowest BCUT2D eigenvalue weighted by Crippen LogP contribution is -2.48. The van der Waals surface area contributed by atoms with Crippen molar-refractivity contribution in [1.29, 1.82) is 0 Å². The number of aromatic nitrogens is 1. The summed E-state index contributed by atoms with van der Waals surface area (Å²) in [7, 11) is 0. The standard InChI is InChI=1S/C24H24N4O3/c29-16-26-11-13-27(14-12-26)22(30)9-10-28-23(18-6-1-2-7-19(18)24(28)31)20-15-25-21-8-4-3-5-17(20)21/h1-8,15-16,23,25H,9-14H2. The van der Waals surface area contributed by atoms with Gasteiger partial charge < -0.3 is 19.7 Å². The summed E-state index contributed by atoms with van der Waals surface area (Å²) < 4.78 is 0. The lowest BCUT2D eigenvalue weighted by molar-refractivity contribution is -0.135. The van der Waals surface area contributed by atoms with Gasteiger partial charge in [0.25, 0.3) is 5.91 Å². The number of para-hydroxylation sites is 1. The maximum atomic E-state index is 13.3. The summed E-state index contributed by atoms with van der Waals surface area (Å²) in [6.07, 6.45) is 3.06. The van der Waals surface area contributed by atoms with Crippen LogP contribution in [0.2, 0.25) is 0 Å². The van der Waals surface area contributed by atoms with Gasteiger partial charge in [0, 0.05) is 67.4 Å². The van der Waals surface area contributed by atoms with Gasteiger partial charge in [0.2, 0.25) is 12.3 Å². The fraction of sp³-hybridized carbons (Fsp3) is 0.292. The van der Waals surface area contributed by atoms with Crippen LogP contribution in [0.1, 0.15) is 33.9 Å². The van der Waals surface area contributed by atoms with Crippen molar-refractivity contribution >= 4 is 29.1 Å². The van der Waals surface area contributed by atoms with Crippen LogP contribution in [0, 0.1) is 0 Å². The number of carbonyl (C=O) groups excluding carboxylic acids is 3. The first-order valence-corrected chi connectivity index (χ1v) is 10.6. The predicted octanol–water partition coefficient (Wildman–Crippen LogP) is 2.40. The normalized spacial score (nSPS) is 18.5. The quantitative estimate of drug-likeness (QED) is 0.649. The molecule has 2 aliphatic heterocycles. The van der Waals surface area contributed by atoms with E-state index < -0.39 is 0 Å². The summed E-state index contributed by atoms with van der Waals surface area (Å²) >= 11 is 0. The lowest BCUT2D eigenvalue weighted by atomic mass is 9.97. The third-order valence-electron chi connectivity index (χ3n) is 6.36. The van der Waals surface area contributed by atoms with Gasteiger partial charge in [-0.2, -0.15) is 0 Å². The number of nitrogens with zero attached hydrogens (tertiary/aromatic N) is 3. The molecule has 31 heavy (non-hydrogen) atoms. The number of amides is 3. The highest BCUT2D eigenvalue weighted by Gasteiger charge is 2.38. The average Bonchev–Trinajstić information content (AvgIpc) is 3.36. The molecule has 2 aromatic carbocycles. The number of benzene rings is 2. The van der Waals surface area contributed by atoms with E-state index in [-0.39, 0.29) is 24.3 Å². The molecule has 0 aliphatic carbocycles. The first-order valence-electron chi connectivity index (χ1n) is 10.6. The zero-order valence-electron chi connectivity index (χ0n) is 17.2. The number of rotatable bonds is 5. The summed E-state index contributed by atoms with van der Waals surface area (Å²) in [5.41, 5.74) is 3.74. The monoisotopic (exact) mass is 416 g/mol. The second kappa shape index (κ2) is 7.91. The molecule has 0 bridgehead atoms. The Kier molecular flexibility index (Phi) is 4.94. The van der Waals surface area contributed by atoms with E-state index in [1.807, 2.05) is 53.6 Å². The Labute approximate surface area is 180 Å². The zero-order chi connectivity index (χ0) is 21.4. The molecule has 2 aliphatic rings. The van der Waals surface area contributed by atoms with Gasteiger partial charge in [-0.05, 0) is 17.7 Å². The first-order chi connectivity index (χ1) is 15.2. The number of H-pyrrole nitrogens is 1. The minimum absolute atomic E-state index is 0.0204. The molecule has 3 heterocycles. The van der Waals surface area contributed by atoms with Gasteiger partial charge in [0.15, 0.2) is 0 Å². The molecule has 1 saturated heterocycles. The number of fused-ring (bicyclic) bond motifs is 2. The maximum Gasteiger partial charge on any atom is 0.255 e. The fourth-order valence-electron chi connectivity index (χ4n) is 4.71. The predicted molar refractivity (Wildman–Crippen MR) is 116 cm³/mol. The zero-order valence-corrected chi connectivity index (χ0v) is 17.2. The molecule has 1 atom stereocenters. The van der Waals surface area contributed by atoms with Gasteiger partial charge in [0.05, 0.1) is 6.04 Å². The highest BCUT2D eigenvalue weighted by atomic mass is 16.2. The van der Waals surface area contributed by atoms with Gasteiger partial charge in [-0.15, -0.1) is 0 Å². The molecule has 3 amide bonds. The second-order valence-electron chi connectivity index (χ2n) is 8.05. The van der Waals surface area contributed by atoms with Crippen LogP contribution in [0.25, 0.3) is 10.9 Å². The summed E-state index contributed by atoms with van der Waals surface area (Å²) in [6, 6.07) is 15.5. The Morgan fingerprint density at radius 2 is 1.74 bits per heavy atom. The topological polar surface area (TPSA) is 76.7 Å². The first kappa shape index (κ1) is 19.4. The molecule has 158 valence electrons. The number of nitrogens with one attached hydrogen (secondary N) is 1. The second-order valence-corrected chi connectivity index (χ2v) is 8.05. The minimum atomic E-state index is -0.223. The molecular weight excluding hydrogens is 392 g/mol. The van der Waals surface area contributed by atoms with Crippen LogP contribution >= 0.6 is 0 Å². The van der Waals surface area contributed by atoms with Crippen LogP contribution in [0.15, 0.2) is 54.7 Å². The van der Waals surface area contributed by atoms with E-state index in [0.717, 1.165) is 28.4 Å². The molecule has 3 aromatic rings. The van der Waals surface area contributed by atoms with E-state index in [2.05, 4.69) is 11.1 Å². The third kappa shape index (κ3) is 3.36. The van der Waals surface area contributed by atoms with Crippen LogP contribution in [-0.4, -0.2) is 70.6 Å². The van der Waals surface area contributed by atoms with Crippen molar-refractivity contribution in [3.8, 4) is 0 Å². The van der Waals surface area contributed by atoms with Crippen LogP contribution in [0.3, 0.4) is 0 Å². The Bertz CT molecular complexity index is 1150. The third-order valence-corrected chi connectivity index (χ3v) is 6.36. The lowest BCUT2D eigenvalue weighted by Gasteiger charge is -2.33. The van der Waals surface area contributed by atoms with Crippen molar-refractivity contribution < 1.29 is 14.4 Å². The van der Waals surface area contributed by atoms with E-state index in [9.17, 15) is 14.4 Å². The maximum absolute atomic E-state index is 13.3. The smallest absolute Gasteiger partial charge is 0.255 e. The number of aromatic amines is 1. The molecule has 0 radical (unpaired) electrons. The van der Waals surface area contributed by atoms with Gasteiger partial charge in [-0.3, -0.25) is 14.4 Å². The molecule has 0 saturated carbocycles. The molecule has 1 aromatic heterocycles. The van der Waals surface area contributed by atoms with Crippen molar-refractivity contribution in [2.24, 2.45) is 0 Å². The van der Waals surface area contributed by atoms with Crippen molar-refractivity contribution in [3.63, 3.8) is 0 Å². The molecular formula is C24H24N4O3. The van der Waals surface area contributed by atoms with Crippen LogP contribution in [0.5, 0.6) is 0 Å².